The standard InChI is InChI=1S/C29H37.C13H10.C12H11.2ClH.Zr/c1-16-13-14-25-26-23-12-10-9-11-22(23)15-24(26)27-19(4)17(2)18(3)21(6)29(27,8)28(25,7)20(16)5;1-3-7-12(8-4-1)11-13-9-5-2-6-10-13;1-10-7-8-12(9-10)11-5-3-2-4-6-11;;;/h9-14,16-18,20-21H,15H2,1-8H3;1-10H;2-9H,1H3;2*1H;/q-1;;-1;;;+2/p-2. The zero-order valence-corrected chi connectivity index (χ0v) is 39.2. The van der Waals surface area contributed by atoms with Crippen LogP contribution in [0.2, 0.25) is 0 Å². The fraction of sp³-hybridized carbons (Fsp3) is 0.315. The Morgan fingerprint density at radius 2 is 1.25 bits per heavy atom. The molecule has 3 heteroatoms. The van der Waals surface area contributed by atoms with Gasteiger partial charge in [-0.15, -0.1) is 6.92 Å². The fourth-order valence-corrected chi connectivity index (χ4v) is 11.4. The van der Waals surface area contributed by atoms with Crippen molar-refractivity contribution in [1.82, 2.24) is 0 Å². The maximum atomic E-state index is 2.63. The summed E-state index contributed by atoms with van der Waals surface area (Å²) in [5.74, 6) is 4.93. The molecular formula is C54H58Cl2Zr-2. The number of aryl methyl sites for hydroxylation is 1. The van der Waals surface area contributed by atoms with Crippen LogP contribution in [0.4, 0.5) is 0 Å². The molecule has 0 bridgehead atoms. The summed E-state index contributed by atoms with van der Waals surface area (Å²) in [6, 6.07) is 47.2. The van der Waals surface area contributed by atoms with Gasteiger partial charge in [-0.05, 0) is 34.7 Å². The van der Waals surface area contributed by atoms with E-state index in [1.54, 1.807) is 28.2 Å². The van der Waals surface area contributed by atoms with E-state index in [9.17, 15) is 0 Å². The number of rotatable bonds is 3. The van der Waals surface area contributed by atoms with Crippen LogP contribution in [0.3, 0.4) is 0 Å². The normalized spacial score (nSPS) is 26.5. The van der Waals surface area contributed by atoms with E-state index in [0.717, 1.165) is 6.42 Å². The minimum atomic E-state index is 0. The molecule has 294 valence electrons. The van der Waals surface area contributed by atoms with Gasteiger partial charge in [0.05, 0.1) is 0 Å². The van der Waals surface area contributed by atoms with E-state index in [4.69, 9.17) is 0 Å². The molecule has 7 atom stereocenters. The third-order valence-electron chi connectivity index (χ3n) is 14.7. The van der Waals surface area contributed by atoms with Crippen LogP contribution < -0.4 is 24.8 Å². The molecule has 0 heterocycles. The first-order valence-corrected chi connectivity index (χ1v) is 21.7. The van der Waals surface area contributed by atoms with Crippen molar-refractivity contribution in [3.8, 4) is 11.1 Å². The van der Waals surface area contributed by atoms with E-state index < -0.39 is 0 Å². The Balaban J connectivity index is 0.000000185. The Kier molecular flexibility index (Phi) is 14.4. The molecule has 0 N–H and O–H groups in total. The Hall–Kier alpha value is -3.35. The van der Waals surface area contributed by atoms with E-state index in [-0.39, 0.29) is 35.6 Å². The molecule has 0 nitrogen and oxygen atoms in total. The van der Waals surface area contributed by atoms with Gasteiger partial charge in [0.25, 0.3) is 0 Å². The Bertz CT molecular complexity index is 2200. The minimum absolute atomic E-state index is 0. The first-order chi connectivity index (χ1) is 26.4. The second-order valence-electron chi connectivity index (χ2n) is 17.2. The monoisotopic (exact) mass is 866 g/mol. The van der Waals surface area contributed by atoms with Gasteiger partial charge in [-0.1, -0.05) is 157 Å². The molecule has 4 aliphatic rings. The van der Waals surface area contributed by atoms with Crippen molar-refractivity contribution in [2.24, 2.45) is 40.4 Å². The van der Waals surface area contributed by atoms with Gasteiger partial charge in [0, 0.05) is 5.41 Å². The number of hydrogen-bond donors (Lipinski definition) is 0. The molecule has 57 heavy (non-hydrogen) atoms. The van der Waals surface area contributed by atoms with Crippen LogP contribution in [0.1, 0.15) is 83.2 Å². The van der Waals surface area contributed by atoms with E-state index in [0.29, 0.717) is 29.6 Å². The maximum absolute atomic E-state index is 2.63. The quantitative estimate of drug-likeness (QED) is 0.162. The summed E-state index contributed by atoms with van der Waals surface area (Å²) in [6.45, 7) is 22.3. The van der Waals surface area contributed by atoms with Crippen molar-refractivity contribution in [3.05, 3.63) is 196 Å². The van der Waals surface area contributed by atoms with Gasteiger partial charge in [-0.2, -0.15) is 34.4 Å². The summed E-state index contributed by atoms with van der Waals surface area (Å²) in [4.78, 5) is 0. The molecule has 5 aromatic carbocycles. The fourth-order valence-electron chi connectivity index (χ4n) is 10.6. The number of benzene rings is 4. The molecule has 0 aliphatic heterocycles. The van der Waals surface area contributed by atoms with E-state index >= 15 is 0 Å². The summed E-state index contributed by atoms with van der Waals surface area (Å²) in [6.07, 6.45) is 6.12. The van der Waals surface area contributed by atoms with Gasteiger partial charge in [0.1, 0.15) is 0 Å². The first kappa shape index (κ1) is 44.8. The van der Waals surface area contributed by atoms with Gasteiger partial charge in [0.15, 0.2) is 0 Å². The van der Waals surface area contributed by atoms with Gasteiger partial charge >= 0.3 is 99.2 Å². The Labute approximate surface area is 371 Å². The summed E-state index contributed by atoms with van der Waals surface area (Å²) < 4.78 is 1.42. The van der Waals surface area contributed by atoms with E-state index in [1.807, 2.05) is 6.07 Å². The topological polar surface area (TPSA) is 0 Å². The molecule has 4 aliphatic carbocycles. The molecule has 0 aromatic heterocycles. The second kappa shape index (κ2) is 18.3. The molecule has 1 saturated carbocycles. The molecule has 1 fully saturated rings. The summed E-state index contributed by atoms with van der Waals surface area (Å²) in [7, 11) is 0. The Morgan fingerprint density at radius 1 is 0.702 bits per heavy atom. The van der Waals surface area contributed by atoms with Crippen LogP contribution >= 0.6 is 0 Å². The molecule has 0 spiro atoms. The van der Waals surface area contributed by atoms with Crippen LogP contribution in [0.15, 0.2) is 162 Å². The Morgan fingerprint density at radius 3 is 1.81 bits per heavy atom. The summed E-state index contributed by atoms with van der Waals surface area (Å²) in [5, 5.41) is 0. The average molecular weight is 869 g/mol. The van der Waals surface area contributed by atoms with Crippen molar-refractivity contribution >= 4 is 8.78 Å². The number of hydrogen-bond acceptors (Lipinski definition) is 0. The van der Waals surface area contributed by atoms with Gasteiger partial charge in [-0.3, -0.25) is 0 Å². The first-order valence-electron chi connectivity index (χ1n) is 20.5. The van der Waals surface area contributed by atoms with Crippen LogP contribution in [-0.4, -0.2) is 3.21 Å². The molecule has 0 amide bonds. The molecule has 0 saturated heterocycles. The predicted octanol–water partition coefficient (Wildman–Crippen LogP) is 7.87. The molecule has 9 rings (SSSR count). The third kappa shape index (κ3) is 7.91. The van der Waals surface area contributed by atoms with E-state index in [2.05, 4.69) is 202 Å². The number of fused-ring (bicyclic) bond motifs is 6. The van der Waals surface area contributed by atoms with Crippen molar-refractivity contribution in [1.29, 1.82) is 0 Å². The zero-order chi connectivity index (χ0) is 39.1. The summed E-state index contributed by atoms with van der Waals surface area (Å²) in [5.41, 5.74) is 16.5. The summed E-state index contributed by atoms with van der Waals surface area (Å²) >= 11 is 1.46. The van der Waals surface area contributed by atoms with Crippen LogP contribution in [0, 0.1) is 53.3 Å². The second-order valence-corrected chi connectivity index (χ2v) is 18.4. The van der Waals surface area contributed by atoms with Crippen LogP contribution in [0.25, 0.3) is 16.7 Å². The zero-order valence-electron chi connectivity index (χ0n) is 35.2. The van der Waals surface area contributed by atoms with Gasteiger partial charge < -0.3 is 24.8 Å². The van der Waals surface area contributed by atoms with E-state index in [1.165, 1.54) is 66.4 Å². The van der Waals surface area contributed by atoms with Crippen molar-refractivity contribution < 1.29 is 49.0 Å². The molecule has 5 aromatic rings. The third-order valence-corrected chi connectivity index (χ3v) is 16.1. The molecular weight excluding hydrogens is 811 g/mol. The van der Waals surface area contributed by atoms with Crippen molar-refractivity contribution in [3.63, 3.8) is 0 Å². The molecule has 0 radical (unpaired) electrons. The van der Waals surface area contributed by atoms with Crippen LogP contribution in [-0.2, 0) is 30.7 Å². The number of allylic oxidation sites excluding steroid dienone is 6. The van der Waals surface area contributed by atoms with Gasteiger partial charge in [0.2, 0.25) is 0 Å². The SMILES string of the molecule is C[C-]1C2=C3Cc4ccccc4C3=C3C=CC(C)C(C)C3(C)C2(C)C(C)C(C)C1C.Cc1cc(-c2ccccc2)c[cH-]1.[Cl-].[Cl-].[Zr+2]=[C](c1ccccc1)c1ccccc1. The van der Waals surface area contributed by atoms with Crippen LogP contribution in [0.5, 0.6) is 0 Å². The van der Waals surface area contributed by atoms with Gasteiger partial charge in [-0.25, -0.2) is 12.0 Å². The molecule has 7 unspecified atom stereocenters. The predicted molar refractivity (Wildman–Crippen MR) is 232 cm³/mol. The van der Waals surface area contributed by atoms with Crippen molar-refractivity contribution in [2.45, 2.75) is 68.7 Å². The average Bonchev–Trinajstić information content (AvgIpc) is 3.83. The number of halogens is 2. The van der Waals surface area contributed by atoms with Crippen molar-refractivity contribution in [2.75, 3.05) is 0 Å².